The van der Waals surface area contributed by atoms with Gasteiger partial charge in [0.15, 0.2) is 0 Å². The lowest BCUT2D eigenvalue weighted by Crippen LogP contribution is -2.55. The molecule has 9 heteroatoms. The second kappa shape index (κ2) is 9.53. The van der Waals surface area contributed by atoms with Crippen molar-refractivity contribution in [2.75, 3.05) is 13.1 Å². The Kier molecular flexibility index (Phi) is 6.72. The van der Waals surface area contributed by atoms with Crippen molar-refractivity contribution in [3.63, 3.8) is 0 Å². The summed E-state index contributed by atoms with van der Waals surface area (Å²) in [7, 11) is 0. The summed E-state index contributed by atoms with van der Waals surface area (Å²) in [6, 6.07) is 10.1. The number of likely N-dealkylation sites (tertiary alicyclic amines) is 1. The highest BCUT2D eigenvalue weighted by molar-refractivity contribution is 6.43. The number of carbonyl (C=O) groups is 4. The maximum atomic E-state index is 13.1. The molecule has 1 fully saturated rings. The molecule has 0 radical (unpaired) electrons. The summed E-state index contributed by atoms with van der Waals surface area (Å²) in [5.41, 5.74) is 1.10. The smallest absolute Gasteiger partial charge is 0.262 e. The zero-order valence-corrected chi connectivity index (χ0v) is 19.5. The van der Waals surface area contributed by atoms with Gasteiger partial charge in [-0.3, -0.25) is 24.1 Å². The summed E-state index contributed by atoms with van der Waals surface area (Å²) < 4.78 is 0. The normalized spacial score (nSPS) is 17.2. The van der Waals surface area contributed by atoms with Gasteiger partial charge >= 0.3 is 0 Å². The van der Waals surface area contributed by atoms with Crippen molar-refractivity contribution in [1.82, 2.24) is 15.1 Å². The minimum atomic E-state index is -1.13. The molecule has 2 aliphatic rings. The summed E-state index contributed by atoms with van der Waals surface area (Å²) in [5.74, 6) is -2.00. The topological polar surface area (TPSA) is 86.8 Å². The number of imide groups is 1. The van der Waals surface area contributed by atoms with Crippen LogP contribution in [0.1, 0.15) is 46.0 Å². The summed E-state index contributed by atoms with van der Waals surface area (Å²) in [6.45, 7) is 2.76. The Morgan fingerprint density at radius 1 is 0.970 bits per heavy atom. The quantitative estimate of drug-likeness (QED) is 0.633. The predicted molar refractivity (Wildman–Crippen MR) is 124 cm³/mol. The number of nitrogens with one attached hydrogen (secondary N) is 1. The lowest BCUT2D eigenvalue weighted by molar-refractivity contribution is -0.136. The van der Waals surface area contributed by atoms with Gasteiger partial charge in [0, 0.05) is 19.5 Å². The molecule has 1 N–H and O–H groups in total. The van der Waals surface area contributed by atoms with E-state index in [-0.39, 0.29) is 27.1 Å². The maximum absolute atomic E-state index is 13.1. The van der Waals surface area contributed by atoms with E-state index in [4.69, 9.17) is 23.2 Å². The molecule has 0 spiro atoms. The molecule has 4 amide bonds. The molecule has 33 heavy (non-hydrogen) atoms. The van der Waals surface area contributed by atoms with E-state index in [1.807, 2.05) is 30.3 Å². The first-order valence-electron chi connectivity index (χ1n) is 10.8. The molecule has 4 rings (SSSR count). The van der Waals surface area contributed by atoms with Crippen LogP contribution in [0.15, 0.2) is 42.5 Å². The molecule has 2 aliphatic heterocycles. The zero-order chi connectivity index (χ0) is 23.7. The number of halogens is 2. The fourth-order valence-corrected chi connectivity index (χ4v) is 4.55. The molecule has 0 saturated carbocycles. The van der Waals surface area contributed by atoms with E-state index in [1.54, 1.807) is 4.90 Å². The molecular formula is C24H23Cl2N3O4. The van der Waals surface area contributed by atoms with Crippen molar-refractivity contribution in [2.45, 2.75) is 38.3 Å². The Morgan fingerprint density at radius 3 is 2.06 bits per heavy atom. The molecule has 2 aromatic rings. The summed E-state index contributed by atoms with van der Waals surface area (Å²) in [4.78, 5) is 54.7. The third kappa shape index (κ3) is 4.61. The van der Waals surface area contributed by atoms with Gasteiger partial charge in [-0.1, -0.05) is 53.5 Å². The molecule has 2 unspecified atom stereocenters. The van der Waals surface area contributed by atoms with Crippen LogP contribution in [0.4, 0.5) is 0 Å². The van der Waals surface area contributed by atoms with Gasteiger partial charge in [-0.25, -0.2) is 0 Å². The van der Waals surface area contributed by atoms with Crippen molar-refractivity contribution in [2.24, 2.45) is 0 Å². The molecule has 0 bridgehead atoms. The Morgan fingerprint density at radius 2 is 1.52 bits per heavy atom. The van der Waals surface area contributed by atoms with E-state index in [0.717, 1.165) is 23.3 Å². The lowest BCUT2D eigenvalue weighted by atomic mass is 10.0. The molecule has 2 atom stereocenters. The number of hydrogen-bond acceptors (Lipinski definition) is 4. The van der Waals surface area contributed by atoms with Crippen LogP contribution in [0.2, 0.25) is 10.0 Å². The van der Waals surface area contributed by atoms with Crippen LogP contribution in [0.25, 0.3) is 0 Å². The predicted octanol–water partition coefficient (Wildman–Crippen LogP) is 3.33. The fourth-order valence-electron chi connectivity index (χ4n) is 4.22. The van der Waals surface area contributed by atoms with Gasteiger partial charge in [0.1, 0.15) is 12.1 Å². The van der Waals surface area contributed by atoms with Crippen molar-refractivity contribution in [3.05, 3.63) is 69.2 Å². The minimum Gasteiger partial charge on any atom is -0.342 e. The average molecular weight is 488 g/mol. The largest absolute Gasteiger partial charge is 0.342 e. The first-order chi connectivity index (χ1) is 15.8. The van der Waals surface area contributed by atoms with Crippen LogP contribution in [-0.4, -0.2) is 58.6 Å². The number of benzene rings is 2. The lowest BCUT2D eigenvalue weighted by Gasteiger charge is -2.27. The van der Waals surface area contributed by atoms with E-state index in [0.29, 0.717) is 19.5 Å². The monoisotopic (exact) mass is 487 g/mol. The van der Waals surface area contributed by atoms with Crippen LogP contribution < -0.4 is 5.32 Å². The molecule has 7 nitrogen and oxygen atoms in total. The van der Waals surface area contributed by atoms with Crippen LogP contribution >= 0.6 is 23.2 Å². The van der Waals surface area contributed by atoms with Gasteiger partial charge < -0.3 is 10.2 Å². The number of nitrogens with zero attached hydrogens (tertiary/aromatic N) is 2. The van der Waals surface area contributed by atoms with Crippen LogP contribution in [0.3, 0.4) is 0 Å². The van der Waals surface area contributed by atoms with E-state index >= 15 is 0 Å². The highest BCUT2D eigenvalue weighted by Crippen LogP contribution is 2.32. The third-order valence-corrected chi connectivity index (χ3v) is 6.76. The molecule has 2 heterocycles. The molecule has 172 valence electrons. The van der Waals surface area contributed by atoms with E-state index in [2.05, 4.69) is 5.32 Å². The summed E-state index contributed by atoms with van der Waals surface area (Å²) >= 11 is 12.0. The molecule has 0 aromatic heterocycles. The molecule has 1 saturated heterocycles. The van der Waals surface area contributed by atoms with E-state index in [9.17, 15) is 19.2 Å². The first-order valence-corrected chi connectivity index (χ1v) is 11.5. The number of carbonyl (C=O) groups excluding carboxylic acids is 4. The number of hydrogen-bond donors (Lipinski definition) is 1. The highest BCUT2D eigenvalue weighted by Gasteiger charge is 2.42. The Labute approximate surface area is 201 Å². The van der Waals surface area contributed by atoms with Crippen LogP contribution in [0.5, 0.6) is 0 Å². The van der Waals surface area contributed by atoms with Crippen molar-refractivity contribution < 1.29 is 19.2 Å². The highest BCUT2D eigenvalue weighted by atomic mass is 35.5. The fraction of sp³-hybridized carbons (Fsp3) is 0.333. The molecule has 0 aliphatic carbocycles. The van der Waals surface area contributed by atoms with Gasteiger partial charge in [-0.2, -0.15) is 0 Å². The molecular weight excluding hydrogens is 465 g/mol. The molecule has 2 aromatic carbocycles. The third-order valence-electron chi connectivity index (χ3n) is 6.04. The van der Waals surface area contributed by atoms with Crippen molar-refractivity contribution in [1.29, 1.82) is 0 Å². The summed E-state index contributed by atoms with van der Waals surface area (Å²) in [5, 5.41) is 3.08. The Balaban J connectivity index is 1.54. The van der Waals surface area contributed by atoms with Gasteiger partial charge in [-0.15, -0.1) is 0 Å². The SMILES string of the molecule is CC(C(=O)NC(Cc1ccccc1)C(=O)N1CCCC1)N1C(=O)c2cc(Cl)c(Cl)cc2C1=O. The Bertz CT molecular complexity index is 1080. The van der Waals surface area contributed by atoms with Gasteiger partial charge in [0.05, 0.1) is 21.2 Å². The van der Waals surface area contributed by atoms with Gasteiger partial charge in [-0.05, 0) is 37.5 Å². The number of rotatable bonds is 6. The van der Waals surface area contributed by atoms with Crippen molar-refractivity contribution >= 4 is 46.8 Å². The van der Waals surface area contributed by atoms with E-state index in [1.165, 1.54) is 19.1 Å². The minimum absolute atomic E-state index is 0.100. The van der Waals surface area contributed by atoms with E-state index < -0.39 is 29.8 Å². The van der Waals surface area contributed by atoms with Crippen LogP contribution in [-0.2, 0) is 16.0 Å². The average Bonchev–Trinajstić information content (AvgIpc) is 3.42. The zero-order valence-electron chi connectivity index (χ0n) is 18.0. The van der Waals surface area contributed by atoms with Gasteiger partial charge in [0.25, 0.3) is 11.8 Å². The standard InChI is InChI=1S/C24H23Cl2N3O4/c1-14(29-22(31)16-12-18(25)19(26)13-17(16)23(29)32)21(30)27-20(11-15-7-3-2-4-8-15)24(33)28-9-5-6-10-28/h2-4,7-8,12-14,20H,5-6,9-11H2,1H3,(H,27,30). The number of amides is 4. The van der Waals surface area contributed by atoms with Crippen LogP contribution in [0, 0.1) is 0 Å². The van der Waals surface area contributed by atoms with Gasteiger partial charge in [0.2, 0.25) is 11.8 Å². The second-order valence-corrected chi connectivity index (χ2v) is 9.07. The van der Waals surface area contributed by atoms with Crippen molar-refractivity contribution in [3.8, 4) is 0 Å². The first kappa shape index (κ1) is 23.3. The maximum Gasteiger partial charge on any atom is 0.262 e. The number of fused-ring (bicyclic) bond motifs is 1. The Hall–Kier alpha value is -2.90. The second-order valence-electron chi connectivity index (χ2n) is 8.25. The summed E-state index contributed by atoms with van der Waals surface area (Å²) in [6.07, 6.45) is 2.16.